The number of hydrogen-bond donors (Lipinski definition) is 1. The van der Waals surface area contributed by atoms with Gasteiger partial charge in [-0.1, -0.05) is 43.7 Å². The molecule has 1 N–H and O–H groups in total. The zero-order valence-corrected chi connectivity index (χ0v) is 12.2. The van der Waals surface area contributed by atoms with E-state index in [4.69, 9.17) is 5.41 Å². The molecule has 1 aromatic heterocycles. The van der Waals surface area contributed by atoms with Gasteiger partial charge in [0.1, 0.15) is 5.49 Å². The summed E-state index contributed by atoms with van der Waals surface area (Å²) in [6.45, 7) is 3.23. The van der Waals surface area contributed by atoms with Crippen LogP contribution in [0, 0.1) is 5.41 Å². The first-order valence-corrected chi connectivity index (χ1v) is 7.67. The molecule has 20 heavy (non-hydrogen) atoms. The number of nitrogens with zero attached hydrogens (tertiary/aromatic N) is 1. The summed E-state index contributed by atoms with van der Waals surface area (Å²) in [6.07, 6.45) is 5.78. The molecule has 0 spiro atoms. The number of rotatable bonds is 4. The van der Waals surface area contributed by atoms with Gasteiger partial charge in [0.25, 0.3) is 0 Å². The molecule has 2 nitrogen and oxygen atoms in total. The maximum absolute atomic E-state index is 8.60. The van der Waals surface area contributed by atoms with Crippen LogP contribution in [0.3, 0.4) is 0 Å². The minimum absolute atomic E-state index is 0.706. The van der Waals surface area contributed by atoms with Crippen LogP contribution >= 0.6 is 0 Å². The fourth-order valence-electron chi connectivity index (χ4n) is 3.15. The molecule has 1 aromatic carbocycles. The van der Waals surface area contributed by atoms with Gasteiger partial charge >= 0.3 is 0 Å². The zero-order chi connectivity index (χ0) is 13.9. The van der Waals surface area contributed by atoms with Crippen molar-refractivity contribution in [2.75, 3.05) is 0 Å². The van der Waals surface area contributed by atoms with Gasteiger partial charge in [-0.2, -0.15) is 0 Å². The molecule has 0 saturated carbocycles. The van der Waals surface area contributed by atoms with Crippen LogP contribution in [0.2, 0.25) is 0 Å². The Kier molecular flexibility index (Phi) is 3.72. The van der Waals surface area contributed by atoms with Crippen LogP contribution < -0.4 is 5.49 Å². The van der Waals surface area contributed by atoms with E-state index >= 15 is 0 Å². The molecule has 0 atom stereocenters. The lowest BCUT2D eigenvalue weighted by Gasteiger charge is -2.15. The lowest BCUT2D eigenvalue weighted by molar-refractivity contribution is 0.696. The quantitative estimate of drug-likeness (QED) is 0.869. The molecule has 2 heterocycles. The average molecular weight is 266 g/mol. The van der Waals surface area contributed by atoms with Crippen LogP contribution in [-0.2, 0) is 19.4 Å². The Balaban J connectivity index is 2.17. The third-order valence-electron chi connectivity index (χ3n) is 4.19. The monoisotopic (exact) mass is 266 g/mol. The Morgan fingerprint density at radius 1 is 1.20 bits per heavy atom. The van der Waals surface area contributed by atoms with Crippen LogP contribution in [-0.4, -0.2) is 4.57 Å². The lowest BCUT2D eigenvalue weighted by atomic mass is 9.96. The molecule has 2 aromatic rings. The molecule has 0 bridgehead atoms. The van der Waals surface area contributed by atoms with Crippen molar-refractivity contribution in [3.8, 4) is 11.1 Å². The summed E-state index contributed by atoms with van der Waals surface area (Å²) in [5.41, 5.74) is 5.74. The van der Waals surface area contributed by atoms with Crippen molar-refractivity contribution < 1.29 is 0 Å². The molecule has 0 saturated heterocycles. The van der Waals surface area contributed by atoms with Crippen molar-refractivity contribution >= 4 is 0 Å². The summed E-state index contributed by atoms with van der Waals surface area (Å²) in [5, 5.41) is 8.60. The van der Waals surface area contributed by atoms with E-state index in [1.807, 2.05) is 6.07 Å². The van der Waals surface area contributed by atoms with Crippen LogP contribution in [0.1, 0.15) is 37.4 Å². The van der Waals surface area contributed by atoms with Gasteiger partial charge in [-0.3, -0.25) is 5.41 Å². The van der Waals surface area contributed by atoms with Gasteiger partial charge in [-0.05, 0) is 42.9 Å². The molecule has 0 radical (unpaired) electrons. The molecule has 0 aliphatic carbocycles. The maximum atomic E-state index is 8.60. The van der Waals surface area contributed by atoms with Crippen LogP contribution in [0.4, 0.5) is 0 Å². The second kappa shape index (κ2) is 5.66. The number of pyridine rings is 1. The first-order valence-electron chi connectivity index (χ1n) is 7.67. The van der Waals surface area contributed by atoms with Crippen LogP contribution in [0.5, 0.6) is 0 Å². The summed E-state index contributed by atoms with van der Waals surface area (Å²) in [5.74, 6) is 0. The lowest BCUT2D eigenvalue weighted by Crippen LogP contribution is -2.23. The van der Waals surface area contributed by atoms with Crippen LogP contribution in [0.15, 0.2) is 36.4 Å². The Bertz CT molecular complexity index is 653. The summed E-state index contributed by atoms with van der Waals surface area (Å²) in [7, 11) is 0. The standard InChI is InChI=1S/C18H22N2/c1-2-3-8-15-13-16-11-7-12-20(16)18(19)17(15)14-9-5-4-6-10-14/h4-6,9-10,13,19H,2-3,7-8,11-12H2,1H3. The van der Waals surface area contributed by atoms with E-state index < -0.39 is 0 Å². The number of nitrogens with one attached hydrogen (secondary N) is 1. The van der Waals surface area contributed by atoms with Gasteiger partial charge in [-0.15, -0.1) is 0 Å². The number of aryl methyl sites for hydroxylation is 2. The molecule has 1 aliphatic heterocycles. The Labute approximate surface area is 120 Å². The van der Waals surface area contributed by atoms with Gasteiger partial charge in [0, 0.05) is 17.8 Å². The SMILES string of the molecule is CCCCc1cc2n(c(=N)c1-c1ccccc1)CCC2. The zero-order valence-electron chi connectivity index (χ0n) is 12.2. The second-order valence-electron chi connectivity index (χ2n) is 5.61. The summed E-state index contributed by atoms with van der Waals surface area (Å²) >= 11 is 0. The highest BCUT2D eigenvalue weighted by molar-refractivity contribution is 5.66. The van der Waals surface area contributed by atoms with Gasteiger partial charge in [0.15, 0.2) is 0 Å². The van der Waals surface area contributed by atoms with E-state index in [0.717, 1.165) is 24.9 Å². The van der Waals surface area contributed by atoms with Gasteiger partial charge in [-0.25, -0.2) is 0 Å². The number of hydrogen-bond acceptors (Lipinski definition) is 1. The van der Waals surface area contributed by atoms with Gasteiger partial charge in [0.05, 0.1) is 0 Å². The van der Waals surface area contributed by atoms with Crippen molar-refractivity contribution in [2.24, 2.45) is 0 Å². The molecule has 0 unspecified atom stereocenters. The Hall–Kier alpha value is -1.83. The number of aromatic nitrogens is 1. The maximum Gasteiger partial charge on any atom is 0.133 e. The molecular weight excluding hydrogens is 244 g/mol. The summed E-state index contributed by atoms with van der Waals surface area (Å²) in [4.78, 5) is 0. The third-order valence-corrected chi connectivity index (χ3v) is 4.19. The van der Waals surface area contributed by atoms with Crippen molar-refractivity contribution in [2.45, 2.75) is 45.6 Å². The van der Waals surface area contributed by atoms with E-state index in [-0.39, 0.29) is 0 Å². The van der Waals surface area contributed by atoms with E-state index in [1.54, 1.807) is 0 Å². The molecular formula is C18H22N2. The number of benzene rings is 1. The topological polar surface area (TPSA) is 28.8 Å². The Morgan fingerprint density at radius 2 is 2.00 bits per heavy atom. The largest absolute Gasteiger partial charge is 0.330 e. The predicted molar refractivity (Wildman–Crippen MR) is 82.7 cm³/mol. The first-order chi connectivity index (χ1) is 9.81. The minimum Gasteiger partial charge on any atom is -0.330 e. The van der Waals surface area contributed by atoms with E-state index in [9.17, 15) is 0 Å². The predicted octanol–water partition coefficient (Wildman–Crippen LogP) is 3.92. The normalized spacial score (nSPS) is 13.4. The summed E-state index contributed by atoms with van der Waals surface area (Å²) < 4.78 is 2.19. The minimum atomic E-state index is 0.706. The third kappa shape index (κ3) is 2.31. The fraction of sp³-hybridized carbons (Fsp3) is 0.389. The van der Waals surface area contributed by atoms with Crippen molar-refractivity contribution in [1.29, 1.82) is 5.41 Å². The fourth-order valence-corrected chi connectivity index (χ4v) is 3.15. The average Bonchev–Trinajstić information content (AvgIpc) is 2.95. The second-order valence-corrected chi connectivity index (χ2v) is 5.61. The molecule has 0 amide bonds. The van der Waals surface area contributed by atoms with Gasteiger partial charge < -0.3 is 4.57 Å². The highest BCUT2D eigenvalue weighted by Crippen LogP contribution is 2.25. The molecule has 1 aliphatic rings. The highest BCUT2D eigenvalue weighted by atomic mass is 15.0. The van der Waals surface area contributed by atoms with E-state index in [0.29, 0.717) is 5.49 Å². The van der Waals surface area contributed by atoms with Crippen molar-refractivity contribution in [1.82, 2.24) is 4.57 Å². The molecule has 2 heteroatoms. The van der Waals surface area contributed by atoms with E-state index in [1.165, 1.54) is 36.1 Å². The summed E-state index contributed by atoms with van der Waals surface area (Å²) in [6, 6.07) is 12.8. The highest BCUT2D eigenvalue weighted by Gasteiger charge is 2.17. The van der Waals surface area contributed by atoms with Gasteiger partial charge in [0.2, 0.25) is 0 Å². The van der Waals surface area contributed by atoms with Crippen molar-refractivity contribution in [3.05, 3.63) is 53.1 Å². The molecule has 3 rings (SSSR count). The van der Waals surface area contributed by atoms with Crippen molar-refractivity contribution in [3.63, 3.8) is 0 Å². The Morgan fingerprint density at radius 3 is 2.75 bits per heavy atom. The number of fused-ring (bicyclic) bond motifs is 1. The van der Waals surface area contributed by atoms with Crippen LogP contribution in [0.25, 0.3) is 11.1 Å². The first kappa shape index (κ1) is 13.2. The number of unbranched alkanes of at least 4 members (excludes halogenated alkanes) is 1. The molecule has 0 fully saturated rings. The van der Waals surface area contributed by atoms with E-state index in [2.05, 4.69) is 41.8 Å². The smallest absolute Gasteiger partial charge is 0.133 e. The molecule has 104 valence electrons.